The molecule has 1 aromatic heterocycles. The van der Waals surface area contributed by atoms with Crippen molar-refractivity contribution in [2.24, 2.45) is 0 Å². The van der Waals surface area contributed by atoms with Crippen LogP contribution in [0.25, 0.3) is 11.4 Å². The van der Waals surface area contributed by atoms with E-state index in [0.29, 0.717) is 17.3 Å². The fourth-order valence-corrected chi connectivity index (χ4v) is 2.76. The Morgan fingerprint density at radius 1 is 1.21 bits per heavy atom. The fraction of sp³-hybridized carbons (Fsp3) is 0.250. The molecule has 8 heteroatoms. The Hall–Kier alpha value is -3.55. The molecular formula is C20H20N4O4. The number of amides is 1. The molecule has 0 aliphatic heterocycles. The molecule has 0 spiro atoms. The van der Waals surface area contributed by atoms with Gasteiger partial charge in [-0.15, -0.1) is 0 Å². The van der Waals surface area contributed by atoms with Crippen molar-refractivity contribution < 1.29 is 14.2 Å². The van der Waals surface area contributed by atoms with Crippen LogP contribution in [0.1, 0.15) is 35.7 Å². The molecule has 0 unspecified atom stereocenters. The van der Waals surface area contributed by atoms with Gasteiger partial charge in [-0.1, -0.05) is 41.6 Å². The van der Waals surface area contributed by atoms with Gasteiger partial charge in [-0.2, -0.15) is 4.98 Å². The predicted molar refractivity (Wildman–Crippen MR) is 103 cm³/mol. The third kappa shape index (κ3) is 4.06. The molecule has 2 aromatic carbocycles. The van der Waals surface area contributed by atoms with E-state index < -0.39 is 4.92 Å². The summed E-state index contributed by atoms with van der Waals surface area (Å²) in [5.41, 5.74) is 1.48. The van der Waals surface area contributed by atoms with Gasteiger partial charge >= 0.3 is 0 Å². The van der Waals surface area contributed by atoms with Gasteiger partial charge in [-0.25, -0.2) is 0 Å². The minimum Gasteiger partial charge on any atom is -0.337 e. The first-order valence-corrected chi connectivity index (χ1v) is 8.81. The first-order chi connectivity index (χ1) is 13.4. The number of hydrogen-bond donors (Lipinski definition) is 0. The van der Waals surface area contributed by atoms with E-state index >= 15 is 0 Å². The Bertz CT molecular complexity index is 998. The average molecular weight is 380 g/mol. The summed E-state index contributed by atoms with van der Waals surface area (Å²) in [5.74, 6) is 0.401. The average Bonchev–Trinajstić information content (AvgIpc) is 3.15. The van der Waals surface area contributed by atoms with E-state index in [1.54, 1.807) is 19.1 Å². The van der Waals surface area contributed by atoms with Gasteiger partial charge in [0, 0.05) is 28.8 Å². The predicted octanol–water partition coefficient (Wildman–Crippen LogP) is 4.00. The number of carbonyl (C=O) groups excluding carboxylic acids is 1. The number of benzene rings is 2. The largest absolute Gasteiger partial charge is 0.337 e. The molecule has 0 fully saturated rings. The highest BCUT2D eigenvalue weighted by Gasteiger charge is 2.24. The van der Waals surface area contributed by atoms with E-state index in [4.69, 9.17) is 4.52 Å². The highest BCUT2D eigenvalue weighted by Crippen LogP contribution is 2.22. The van der Waals surface area contributed by atoms with Gasteiger partial charge in [0.05, 0.1) is 4.92 Å². The van der Waals surface area contributed by atoms with E-state index in [1.165, 1.54) is 11.0 Å². The second kappa shape index (κ2) is 7.99. The molecule has 0 atom stereocenters. The van der Waals surface area contributed by atoms with Crippen molar-refractivity contribution in [1.82, 2.24) is 15.0 Å². The van der Waals surface area contributed by atoms with Crippen LogP contribution in [-0.4, -0.2) is 31.9 Å². The molecule has 144 valence electrons. The zero-order valence-corrected chi connectivity index (χ0v) is 15.8. The summed E-state index contributed by atoms with van der Waals surface area (Å²) in [7, 11) is 0. The van der Waals surface area contributed by atoms with Crippen LogP contribution in [0.15, 0.2) is 53.1 Å². The molecular weight excluding hydrogens is 360 g/mol. The SMILES string of the molecule is Cc1ccc(C(=O)N(Cc2nc(-c3ccccc3)no2)C(C)C)cc1[N+](=O)[O-]. The highest BCUT2D eigenvalue weighted by atomic mass is 16.6. The van der Waals surface area contributed by atoms with Gasteiger partial charge in [0.15, 0.2) is 0 Å². The van der Waals surface area contributed by atoms with E-state index in [2.05, 4.69) is 10.1 Å². The summed E-state index contributed by atoms with van der Waals surface area (Å²) in [4.78, 5) is 29.6. The van der Waals surface area contributed by atoms with Crippen LogP contribution in [0.5, 0.6) is 0 Å². The van der Waals surface area contributed by atoms with Gasteiger partial charge in [-0.05, 0) is 26.8 Å². The molecule has 3 rings (SSSR count). The van der Waals surface area contributed by atoms with Crippen molar-refractivity contribution in [3.05, 3.63) is 75.7 Å². The number of nitro groups is 1. The van der Waals surface area contributed by atoms with Gasteiger partial charge in [0.2, 0.25) is 11.7 Å². The number of rotatable bonds is 6. The summed E-state index contributed by atoms with van der Waals surface area (Å²) in [6.45, 7) is 5.46. The van der Waals surface area contributed by atoms with Crippen LogP contribution < -0.4 is 0 Å². The van der Waals surface area contributed by atoms with E-state index in [9.17, 15) is 14.9 Å². The first-order valence-electron chi connectivity index (χ1n) is 8.81. The summed E-state index contributed by atoms with van der Waals surface area (Å²) < 4.78 is 5.30. The Balaban J connectivity index is 1.85. The van der Waals surface area contributed by atoms with Crippen LogP contribution >= 0.6 is 0 Å². The summed E-state index contributed by atoms with van der Waals surface area (Å²) >= 11 is 0. The molecule has 28 heavy (non-hydrogen) atoms. The number of carbonyl (C=O) groups is 1. The number of aromatic nitrogens is 2. The molecule has 0 N–H and O–H groups in total. The van der Waals surface area contributed by atoms with Crippen molar-refractivity contribution >= 4 is 11.6 Å². The third-order valence-electron chi connectivity index (χ3n) is 4.34. The number of nitrogens with zero attached hydrogens (tertiary/aromatic N) is 4. The third-order valence-corrected chi connectivity index (χ3v) is 4.34. The second-order valence-electron chi connectivity index (χ2n) is 6.66. The van der Waals surface area contributed by atoms with Crippen LogP contribution in [0, 0.1) is 17.0 Å². The summed E-state index contributed by atoms with van der Waals surface area (Å²) in [6.07, 6.45) is 0. The molecule has 8 nitrogen and oxygen atoms in total. The lowest BCUT2D eigenvalue weighted by atomic mass is 10.1. The number of hydrogen-bond acceptors (Lipinski definition) is 6. The second-order valence-corrected chi connectivity index (χ2v) is 6.66. The molecule has 1 heterocycles. The van der Waals surface area contributed by atoms with Crippen molar-refractivity contribution in [3.63, 3.8) is 0 Å². The van der Waals surface area contributed by atoms with Crippen LogP contribution in [0.2, 0.25) is 0 Å². The zero-order chi connectivity index (χ0) is 20.3. The fourth-order valence-electron chi connectivity index (χ4n) is 2.76. The highest BCUT2D eigenvalue weighted by molar-refractivity contribution is 5.95. The lowest BCUT2D eigenvalue weighted by Crippen LogP contribution is -2.36. The minimum absolute atomic E-state index is 0.0845. The van der Waals surface area contributed by atoms with Crippen molar-refractivity contribution in [1.29, 1.82) is 0 Å². The van der Waals surface area contributed by atoms with E-state index in [-0.39, 0.29) is 29.7 Å². The lowest BCUT2D eigenvalue weighted by Gasteiger charge is -2.25. The summed E-state index contributed by atoms with van der Waals surface area (Å²) in [5, 5.41) is 15.1. The maximum Gasteiger partial charge on any atom is 0.273 e. The number of aryl methyl sites for hydroxylation is 1. The molecule has 0 aliphatic rings. The molecule has 0 radical (unpaired) electrons. The van der Waals surface area contributed by atoms with E-state index in [0.717, 1.165) is 5.56 Å². The lowest BCUT2D eigenvalue weighted by molar-refractivity contribution is -0.385. The molecule has 0 aliphatic carbocycles. The standard InChI is InChI=1S/C20H20N4O4/c1-13(2)23(20(25)16-10-9-14(3)17(11-16)24(26)27)12-18-21-19(22-28-18)15-7-5-4-6-8-15/h4-11,13H,12H2,1-3H3. The quantitative estimate of drug-likeness (QED) is 0.473. The van der Waals surface area contributed by atoms with Crippen LogP contribution in [0.4, 0.5) is 5.69 Å². The molecule has 0 saturated carbocycles. The van der Waals surface area contributed by atoms with Gasteiger partial charge in [0.25, 0.3) is 11.6 Å². The molecule has 3 aromatic rings. The Morgan fingerprint density at radius 2 is 1.93 bits per heavy atom. The summed E-state index contributed by atoms with van der Waals surface area (Å²) in [6, 6.07) is 13.7. The van der Waals surface area contributed by atoms with E-state index in [1.807, 2.05) is 44.2 Å². The van der Waals surface area contributed by atoms with Gasteiger partial charge in [-0.3, -0.25) is 14.9 Å². The Morgan fingerprint density at radius 3 is 2.57 bits per heavy atom. The van der Waals surface area contributed by atoms with Gasteiger partial charge in [0.1, 0.15) is 6.54 Å². The first kappa shape index (κ1) is 19.2. The van der Waals surface area contributed by atoms with Crippen molar-refractivity contribution in [3.8, 4) is 11.4 Å². The van der Waals surface area contributed by atoms with Crippen LogP contribution in [-0.2, 0) is 6.54 Å². The van der Waals surface area contributed by atoms with Crippen LogP contribution in [0.3, 0.4) is 0 Å². The molecule has 1 amide bonds. The zero-order valence-electron chi connectivity index (χ0n) is 15.8. The molecule has 0 bridgehead atoms. The monoisotopic (exact) mass is 380 g/mol. The molecule has 0 saturated heterocycles. The van der Waals surface area contributed by atoms with Crippen molar-refractivity contribution in [2.45, 2.75) is 33.4 Å². The normalized spacial score (nSPS) is 10.9. The maximum absolute atomic E-state index is 13.0. The maximum atomic E-state index is 13.0. The topological polar surface area (TPSA) is 102 Å². The minimum atomic E-state index is -0.490. The number of nitro benzene ring substituents is 1. The Kier molecular flexibility index (Phi) is 5.49. The van der Waals surface area contributed by atoms with Crippen molar-refractivity contribution in [2.75, 3.05) is 0 Å². The Labute approximate surface area is 161 Å². The van der Waals surface area contributed by atoms with Gasteiger partial charge < -0.3 is 9.42 Å². The smallest absolute Gasteiger partial charge is 0.273 e.